The molecule has 0 fully saturated rings. The number of nitrogens with zero attached hydrogens (tertiary/aromatic N) is 2. The molecule has 0 saturated heterocycles. The lowest BCUT2D eigenvalue weighted by Gasteiger charge is -2.33. The molecule has 33 heavy (non-hydrogen) atoms. The number of sulfonamides is 1. The Morgan fingerprint density at radius 3 is 2.06 bits per heavy atom. The number of nitrogens with one attached hydrogen (secondary N) is 1. The standard InChI is InChI=1S/C23H29Cl2N3O4S/c1-5-21(23(30)26-16(2)3)27(14-18-19(24)12-9-13-20(18)25)22(29)15-28(33(4,31)32)17-10-7-6-8-11-17/h6-13,16,21H,5,14-15H2,1-4H3,(H,26,30)/t21-/m0/s1. The number of rotatable bonds is 10. The molecular formula is C23H29Cl2N3O4S. The molecule has 0 aliphatic rings. The van der Waals surface area contributed by atoms with Crippen LogP contribution in [0.4, 0.5) is 5.69 Å². The van der Waals surface area contributed by atoms with Crippen LogP contribution in [0.15, 0.2) is 48.5 Å². The van der Waals surface area contributed by atoms with E-state index in [0.29, 0.717) is 27.7 Å². The third-order valence-corrected chi connectivity index (χ3v) is 6.78. The van der Waals surface area contributed by atoms with E-state index in [2.05, 4.69) is 5.32 Å². The van der Waals surface area contributed by atoms with Crippen LogP contribution in [0.3, 0.4) is 0 Å². The fourth-order valence-electron chi connectivity index (χ4n) is 3.36. The lowest BCUT2D eigenvalue weighted by molar-refractivity contribution is -0.140. The van der Waals surface area contributed by atoms with E-state index in [1.807, 2.05) is 13.8 Å². The molecular weight excluding hydrogens is 485 g/mol. The lowest BCUT2D eigenvalue weighted by Crippen LogP contribution is -2.53. The molecule has 0 unspecified atom stereocenters. The van der Waals surface area contributed by atoms with Crippen molar-refractivity contribution in [2.45, 2.75) is 45.8 Å². The smallest absolute Gasteiger partial charge is 0.244 e. The molecule has 1 atom stereocenters. The Labute approximate surface area is 205 Å². The van der Waals surface area contributed by atoms with Gasteiger partial charge in [-0.3, -0.25) is 13.9 Å². The molecule has 2 rings (SSSR count). The Bertz CT molecular complexity index is 1060. The summed E-state index contributed by atoms with van der Waals surface area (Å²) in [4.78, 5) is 27.8. The van der Waals surface area contributed by atoms with Crippen molar-refractivity contribution in [1.29, 1.82) is 0 Å². The van der Waals surface area contributed by atoms with Gasteiger partial charge in [0.1, 0.15) is 12.6 Å². The summed E-state index contributed by atoms with van der Waals surface area (Å²) in [5, 5.41) is 3.53. The van der Waals surface area contributed by atoms with Gasteiger partial charge in [0.15, 0.2) is 0 Å². The summed E-state index contributed by atoms with van der Waals surface area (Å²) < 4.78 is 26.0. The summed E-state index contributed by atoms with van der Waals surface area (Å²) in [6.45, 7) is 4.90. The minimum absolute atomic E-state index is 0.0479. The van der Waals surface area contributed by atoms with Gasteiger partial charge in [0.25, 0.3) is 0 Å². The van der Waals surface area contributed by atoms with Gasteiger partial charge in [0, 0.05) is 28.2 Å². The molecule has 0 bridgehead atoms. The van der Waals surface area contributed by atoms with Crippen molar-refractivity contribution in [2.24, 2.45) is 0 Å². The highest BCUT2D eigenvalue weighted by atomic mass is 35.5. The summed E-state index contributed by atoms with van der Waals surface area (Å²) in [7, 11) is -3.77. The Hall–Kier alpha value is -2.29. The van der Waals surface area contributed by atoms with Crippen LogP contribution in [0, 0.1) is 0 Å². The lowest BCUT2D eigenvalue weighted by atomic mass is 10.1. The second kappa shape index (κ2) is 11.7. The predicted octanol–water partition coefficient (Wildman–Crippen LogP) is 4.09. The zero-order valence-electron chi connectivity index (χ0n) is 19.1. The molecule has 0 aliphatic heterocycles. The highest BCUT2D eigenvalue weighted by Gasteiger charge is 2.32. The van der Waals surface area contributed by atoms with E-state index < -0.39 is 28.5 Å². The number of carbonyl (C=O) groups excluding carboxylic acids is 2. The number of para-hydroxylation sites is 1. The molecule has 0 radical (unpaired) electrons. The number of halogens is 2. The summed E-state index contributed by atoms with van der Waals surface area (Å²) in [6, 6.07) is 12.3. The third kappa shape index (κ3) is 7.35. The Kier molecular flexibility index (Phi) is 9.57. The molecule has 2 amide bonds. The number of carbonyl (C=O) groups is 2. The van der Waals surface area contributed by atoms with Crippen molar-refractivity contribution < 1.29 is 18.0 Å². The van der Waals surface area contributed by atoms with Gasteiger partial charge in [-0.15, -0.1) is 0 Å². The minimum Gasteiger partial charge on any atom is -0.352 e. The molecule has 0 spiro atoms. The molecule has 0 heterocycles. The fourth-order valence-corrected chi connectivity index (χ4v) is 4.73. The first-order valence-corrected chi connectivity index (χ1v) is 13.1. The van der Waals surface area contributed by atoms with Gasteiger partial charge >= 0.3 is 0 Å². The van der Waals surface area contributed by atoms with E-state index in [0.717, 1.165) is 10.6 Å². The van der Waals surface area contributed by atoms with Crippen LogP contribution in [-0.4, -0.2) is 50.0 Å². The van der Waals surface area contributed by atoms with E-state index in [1.54, 1.807) is 55.5 Å². The normalized spacial score (nSPS) is 12.3. The van der Waals surface area contributed by atoms with Crippen molar-refractivity contribution in [1.82, 2.24) is 10.2 Å². The molecule has 2 aromatic rings. The highest BCUT2D eigenvalue weighted by Crippen LogP contribution is 2.27. The summed E-state index contributed by atoms with van der Waals surface area (Å²) >= 11 is 12.7. The Morgan fingerprint density at radius 2 is 1.58 bits per heavy atom. The maximum absolute atomic E-state index is 13.5. The number of anilines is 1. The summed E-state index contributed by atoms with van der Waals surface area (Å²) in [5.74, 6) is -0.888. The van der Waals surface area contributed by atoms with Crippen LogP contribution in [-0.2, 0) is 26.2 Å². The van der Waals surface area contributed by atoms with Gasteiger partial charge in [-0.25, -0.2) is 8.42 Å². The molecule has 2 aromatic carbocycles. The van der Waals surface area contributed by atoms with Crippen molar-refractivity contribution in [2.75, 3.05) is 17.1 Å². The molecule has 0 aromatic heterocycles. The molecule has 7 nitrogen and oxygen atoms in total. The largest absolute Gasteiger partial charge is 0.352 e. The summed E-state index contributed by atoms with van der Waals surface area (Å²) in [6.07, 6.45) is 1.35. The van der Waals surface area contributed by atoms with E-state index in [4.69, 9.17) is 23.2 Å². The first-order valence-electron chi connectivity index (χ1n) is 10.5. The second-order valence-corrected chi connectivity index (χ2v) is 10.6. The maximum Gasteiger partial charge on any atom is 0.244 e. The third-order valence-electron chi connectivity index (χ3n) is 4.93. The Morgan fingerprint density at radius 1 is 1.00 bits per heavy atom. The van der Waals surface area contributed by atoms with Crippen LogP contribution < -0.4 is 9.62 Å². The van der Waals surface area contributed by atoms with Crippen LogP contribution in [0.5, 0.6) is 0 Å². The first-order chi connectivity index (χ1) is 15.5. The molecule has 0 aliphatic carbocycles. The van der Waals surface area contributed by atoms with Crippen LogP contribution in [0.1, 0.15) is 32.8 Å². The van der Waals surface area contributed by atoms with Gasteiger partial charge in [0.2, 0.25) is 21.8 Å². The number of amides is 2. The van der Waals surface area contributed by atoms with E-state index in [9.17, 15) is 18.0 Å². The fraction of sp³-hybridized carbons (Fsp3) is 0.391. The zero-order valence-corrected chi connectivity index (χ0v) is 21.4. The number of hydrogen-bond donors (Lipinski definition) is 1. The van der Waals surface area contributed by atoms with Crippen molar-refractivity contribution in [3.8, 4) is 0 Å². The van der Waals surface area contributed by atoms with Crippen molar-refractivity contribution >= 4 is 50.7 Å². The summed E-state index contributed by atoms with van der Waals surface area (Å²) in [5.41, 5.74) is 0.833. The predicted molar refractivity (Wildman–Crippen MR) is 133 cm³/mol. The number of benzene rings is 2. The highest BCUT2D eigenvalue weighted by molar-refractivity contribution is 7.92. The van der Waals surface area contributed by atoms with Crippen LogP contribution in [0.25, 0.3) is 0 Å². The molecule has 1 N–H and O–H groups in total. The topological polar surface area (TPSA) is 86.8 Å². The van der Waals surface area contributed by atoms with Crippen molar-refractivity contribution in [3.05, 3.63) is 64.1 Å². The van der Waals surface area contributed by atoms with Gasteiger partial charge in [-0.05, 0) is 44.5 Å². The van der Waals surface area contributed by atoms with Gasteiger partial charge in [-0.1, -0.05) is 54.4 Å². The van der Waals surface area contributed by atoms with Crippen LogP contribution in [0.2, 0.25) is 10.0 Å². The number of hydrogen-bond acceptors (Lipinski definition) is 4. The minimum atomic E-state index is -3.77. The zero-order chi connectivity index (χ0) is 24.8. The monoisotopic (exact) mass is 513 g/mol. The molecule has 180 valence electrons. The van der Waals surface area contributed by atoms with Gasteiger partial charge in [-0.2, -0.15) is 0 Å². The van der Waals surface area contributed by atoms with E-state index in [1.165, 1.54) is 4.90 Å². The molecule has 10 heteroatoms. The first kappa shape index (κ1) is 27.0. The average Bonchev–Trinajstić information content (AvgIpc) is 2.73. The van der Waals surface area contributed by atoms with E-state index in [-0.39, 0.29) is 18.5 Å². The van der Waals surface area contributed by atoms with Gasteiger partial charge < -0.3 is 10.2 Å². The molecule has 0 saturated carbocycles. The quantitative estimate of drug-likeness (QED) is 0.518. The maximum atomic E-state index is 13.5. The van der Waals surface area contributed by atoms with Crippen molar-refractivity contribution in [3.63, 3.8) is 0 Å². The van der Waals surface area contributed by atoms with Gasteiger partial charge in [0.05, 0.1) is 11.9 Å². The second-order valence-electron chi connectivity index (χ2n) is 7.91. The van der Waals surface area contributed by atoms with Crippen LogP contribution >= 0.6 is 23.2 Å². The van der Waals surface area contributed by atoms with E-state index >= 15 is 0 Å². The average molecular weight is 514 g/mol. The SMILES string of the molecule is CC[C@@H](C(=O)NC(C)C)N(Cc1c(Cl)cccc1Cl)C(=O)CN(c1ccccc1)S(C)(=O)=O. The Balaban J connectivity index is 2.48.